The van der Waals surface area contributed by atoms with Crippen molar-refractivity contribution in [3.63, 3.8) is 0 Å². The Labute approximate surface area is 193 Å². The van der Waals surface area contributed by atoms with Crippen LogP contribution in [0, 0.1) is 0 Å². The molecule has 4 rings (SSSR count). The predicted molar refractivity (Wildman–Crippen MR) is 129 cm³/mol. The molecule has 3 aromatic rings. The van der Waals surface area contributed by atoms with Gasteiger partial charge in [-0.3, -0.25) is 4.79 Å². The van der Waals surface area contributed by atoms with E-state index in [9.17, 15) is 18.3 Å². The van der Waals surface area contributed by atoms with Crippen molar-refractivity contribution in [2.45, 2.75) is 43.0 Å². The third-order valence-corrected chi connectivity index (χ3v) is 7.87. The highest BCUT2D eigenvalue weighted by Gasteiger charge is 2.33. The van der Waals surface area contributed by atoms with Crippen molar-refractivity contribution in [2.24, 2.45) is 5.10 Å². The minimum atomic E-state index is -3.83. The Balaban J connectivity index is 1.53. The van der Waals surface area contributed by atoms with Gasteiger partial charge in [0.1, 0.15) is 5.75 Å². The maximum atomic E-state index is 13.3. The van der Waals surface area contributed by atoms with Crippen LogP contribution < -0.4 is 5.43 Å². The zero-order valence-corrected chi connectivity index (χ0v) is 19.0. The Kier molecular flexibility index (Phi) is 7.05. The molecule has 1 aliphatic rings. The van der Waals surface area contributed by atoms with Crippen LogP contribution in [0.3, 0.4) is 0 Å². The molecule has 0 bridgehead atoms. The molecule has 1 amide bonds. The zero-order valence-electron chi connectivity index (χ0n) is 18.2. The molecule has 1 saturated carbocycles. The lowest BCUT2D eigenvalue weighted by Crippen LogP contribution is -2.46. The van der Waals surface area contributed by atoms with E-state index in [0.29, 0.717) is 5.56 Å². The van der Waals surface area contributed by atoms with Gasteiger partial charge in [-0.1, -0.05) is 67.8 Å². The van der Waals surface area contributed by atoms with Crippen molar-refractivity contribution in [3.05, 3.63) is 72.3 Å². The fourth-order valence-corrected chi connectivity index (χ4v) is 5.94. The molecule has 0 unspecified atom stereocenters. The van der Waals surface area contributed by atoms with Gasteiger partial charge < -0.3 is 5.11 Å². The lowest BCUT2D eigenvalue weighted by molar-refractivity contribution is -0.121. The van der Waals surface area contributed by atoms with Crippen LogP contribution in [0.15, 0.2) is 76.7 Å². The quantitative estimate of drug-likeness (QED) is 0.407. The second-order valence-electron chi connectivity index (χ2n) is 8.17. The van der Waals surface area contributed by atoms with Crippen molar-refractivity contribution < 1.29 is 18.3 Å². The topological polar surface area (TPSA) is 99.1 Å². The molecule has 2 N–H and O–H groups in total. The van der Waals surface area contributed by atoms with Gasteiger partial charge >= 0.3 is 0 Å². The van der Waals surface area contributed by atoms with E-state index in [0.717, 1.165) is 42.9 Å². The van der Waals surface area contributed by atoms with E-state index in [1.54, 1.807) is 42.5 Å². The van der Waals surface area contributed by atoms with Crippen LogP contribution in [0.5, 0.6) is 5.75 Å². The summed E-state index contributed by atoms with van der Waals surface area (Å²) in [4.78, 5) is 12.9. The number of amides is 1. The lowest BCUT2D eigenvalue weighted by atomic mass is 9.95. The molecular formula is C25H27N3O4S. The van der Waals surface area contributed by atoms with E-state index in [4.69, 9.17) is 0 Å². The van der Waals surface area contributed by atoms with Crippen LogP contribution in [0.4, 0.5) is 0 Å². The minimum Gasteiger partial charge on any atom is -0.507 e. The number of fused-ring (bicyclic) bond motifs is 1. The first kappa shape index (κ1) is 22.9. The fourth-order valence-electron chi connectivity index (χ4n) is 4.27. The number of carbonyl (C=O) groups is 1. The highest BCUT2D eigenvalue weighted by Crippen LogP contribution is 2.28. The number of hydrogen-bond donors (Lipinski definition) is 2. The largest absolute Gasteiger partial charge is 0.507 e. The first-order chi connectivity index (χ1) is 16.0. The lowest BCUT2D eigenvalue weighted by Gasteiger charge is -2.32. The van der Waals surface area contributed by atoms with E-state index < -0.39 is 15.9 Å². The van der Waals surface area contributed by atoms with Gasteiger partial charge in [-0.25, -0.2) is 13.8 Å². The first-order valence-electron chi connectivity index (χ1n) is 11.1. The molecule has 0 atom stereocenters. The third kappa shape index (κ3) is 5.23. The second kappa shape index (κ2) is 10.1. The minimum absolute atomic E-state index is 0.0437. The second-order valence-corrected chi connectivity index (χ2v) is 10.1. The molecule has 0 aliphatic heterocycles. The van der Waals surface area contributed by atoms with Crippen molar-refractivity contribution in [1.82, 2.24) is 9.73 Å². The Morgan fingerprint density at radius 1 is 1.00 bits per heavy atom. The van der Waals surface area contributed by atoms with Crippen molar-refractivity contribution in [1.29, 1.82) is 0 Å². The van der Waals surface area contributed by atoms with Gasteiger partial charge in [-0.05, 0) is 41.8 Å². The van der Waals surface area contributed by atoms with Gasteiger partial charge in [0.05, 0.1) is 17.7 Å². The summed E-state index contributed by atoms with van der Waals surface area (Å²) in [5.74, 6) is -0.488. The van der Waals surface area contributed by atoms with Gasteiger partial charge in [0.15, 0.2) is 0 Å². The summed E-state index contributed by atoms with van der Waals surface area (Å²) in [6, 6.07) is 18.9. The molecule has 33 heavy (non-hydrogen) atoms. The van der Waals surface area contributed by atoms with Crippen LogP contribution in [-0.2, 0) is 14.8 Å². The van der Waals surface area contributed by atoms with Gasteiger partial charge in [0, 0.05) is 11.6 Å². The first-order valence-corrected chi connectivity index (χ1v) is 12.5. The number of rotatable bonds is 7. The summed E-state index contributed by atoms with van der Waals surface area (Å²) in [6.45, 7) is -0.319. The Morgan fingerprint density at radius 2 is 1.70 bits per heavy atom. The van der Waals surface area contributed by atoms with Gasteiger partial charge in [-0.2, -0.15) is 9.41 Å². The number of nitrogens with one attached hydrogen (secondary N) is 1. The fraction of sp³-hybridized carbons (Fsp3) is 0.280. The Morgan fingerprint density at radius 3 is 2.45 bits per heavy atom. The standard InChI is InChI=1S/C25H27N3O4S/c29-24-16-15-19-9-7-8-14-22(19)23(24)17-26-27-25(30)18-28(20-10-3-1-4-11-20)33(31,32)21-12-5-2-6-13-21/h2,5-9,12-17,20,29H,1,3-4,10-11,18H2,(H,27,30)/b26-17+. The van der Waals surface area contributed by atoms with Gasteiger partial charge in [0.2, 0.25) is 10.0 Å². The van der Waals surface area contributed by atoms with Gasteiger partial charge in [0.25, 0.3) is 5.91 Å². The van der Waals surface area contributed by atoms with Crippen LogP contribution in [0.1, 0.15) is 37.7 Å². The molecule has 0 spiro atoms. The Hall–Kier alpha value is -3.23. The van der Waals surface area contributed by atoms with E-state index in [1.807, 2.05) is 24.3 Å². The van der Waals surface area contributed by atoms with Crippen LogP contribution in [0.25, 0.3) is 10.8 Å². The average Bonchev–Trinajstić information content (AvgIpc) is 2.85. The summed E-state index contributed by atoms with van der Waals surface area (Å²) < 4.78 is 28.0. The number of nitrogens with zero attached hydrogens (tertiary/aromatic N) is 2. The third-order valence-electron chi connectivity index (χ3n) is 5.96. The number of hydrogen-bond acceptors (Lipinski definition) is 5. The molecule has 8 heteroatoms. The summed E-state index contributed by atoms with van der Waals surface area (Å²) in [5.41, 5.74) is 2.91. The highest BCUT2D eigenvalue weighted by molar-refractivity contribution is 7.89. The van der Waals surface area contributed by atoms with E-state index in [2.05, 4.69) is 10.5 Å². The molecule has 1 aliphatic carbocycles. The number of hydrazone groups is 1. The maximum absolute atomic E-state index is 13.3. The van der Waals surface area contributed by atoms with E-state index in [1.165, 1.54) is 10.5 Å². The summed E-state index contributed by atoms with van der Waals surface area (Å²) in [7, 11) is -3.83. The molecule has 172 valence electrons. The van der Waals surface area contributed by atoms with Crippen LogP contribution in [0.2, 0.25) is 0 Å². The zero-order chi connectivity index (χ0) is 23.3. The number of phenolic OH excluding ortho intramolecular Hbond substituents is 1. The van der Waals surface area contributed by atoms with Gasteiger partial charge in [-0.15, -0.1) is 0 Å². The van der Waals surface area contributed by atoms with E-state index >= 15 is 0 Å². The number of aromatic hydroxyl groups is 1. The highest BCUT2D eigenvalue weighted by atomic mass is 32.2. The number of carbonyl (C=O) groups excluding carboxylic acids is 1. The molecule has 7 nitrogen and oxygen atoms in total. The number of sulfonamides is 1. The molecular weight excluding hydrogens is 438 g/mol. The van der Waals surface area contributed by atoms with E-state index in [-0.39, 0.29) is 23.2 Å². The monoisotopic (exact) mass is 465 g/mol. The van der Waals surface area contributed by atoms with Crippen LogP contribution >= 0.6 is 0 Å². The Bertz CT molecular complexity index is 1250. The summed E-state index contributed by atoms with van der Waals surface area (Å²) in [6.07, 6.45) is 5.78. The molecule has 0 aromatic heterocycles. The number of benzene rings is 3. The summed E-state index contributed by atoms with van der Waals surface area (Å²) in [5, 5.41) is 16.0. The summed E-state index contributed by atoms with van der Waals surface area (Å²) >= 11 is 0. The van der Waals surface area contributed by atoms with Crippen molar-refractivity contribution in [2.75, 3.05) is 6.54 Å². The molecule has 0 radical (unpaired) electrons. The predicted octanol–water partition coefficient (Wildman–Crippen LogP) is 4.02. The number of phenols is 1. The SMILES string of the molecule is O=C(CN(C1CCCCC1)S(=O)(=O)c1ccccc1)N/N=C/c1c(O)ccc2ccccc12. The normalized spacial score (nSPS) is 15.3. The van der Waals surface area contributed by atoms with Crippen molar-refractivity contribution >= 4 is 32.9 Å². The molecule has 0 heterocycles. The molecule has 0 saturated heterocycles. The average molecular weight is 466 g/mol. The molecule has 3 aromatic carbocycles. The van der Waals surface area contributed by atoms with Crippen LogP contribution in [-0.4, -0.2) is 42.5 Å². The maximum Gasteiger partial charge on any atom is 0.255 e. The molecule has 1 fully saturated rings. The van der Waals surface area contributed by atoms with Crippen molar-refractivity contribution in [3.8, 4) is 5.75 Å². The smallest absolute Gasteiger partial charge is 0.255 e.